The van der Waals surface area contributed by atoms with Crippen LogP contribution in [0.3, 0.4) is 0 Å². The van der Waals surface area contributed by atoms with Crippen molar-refractivity contribution in [2.75, 3.05) is 33.2 Å². The van der Waals surface area contributed by atoms with E-state index in [4.69, 9.17) is 4.42 Å². The maximum Gasteiger partial charge on any atom is 0.227 e. The van der Waals surface area contributed by atoms with Gasteiger partial charge in [-0.1, -0.05) is 0 Å². The number of aromatic nitrogens is 1. The van der Waals surface area contributed by atoms with Gasteiger partial charge in [0.25, 0.3) is 0 Å². The minimum Gasteiger partial charge on any atom is -0.464 e. The summed E-state index contributed by atoms with van der Waals surface area (Å²) in [6.45, 7) is 7.77. The van der Waals surface area contributed by atoms with E-state index in [2.05, 4.69) is 26.9 Å². The molecule has 2 aliphatic rings. The molecule has 2 fully saturated rings. The maximum absolute atomic E-state index is 13.0. The number of likely N-dealkylation sites (tertiary alicyclic amines) is 2. The van der Waals surface area contributed by atoms with E-state index < -0.39 is 0 Å². The second kappa shape index (κ2) is 9.75. The molecule has 0 saturated carbocycles. The molecule has 0 aromatic carbocycles. The van der Waals surface area contributed by atoms with Gasteiger partial charge < -0.3 is 9.32 Å². The summed E-state index contributed by atoms with van der Waals surface area (Å²) in [5.74, 6) is 2.11. The molecular weight excluding hydrogens is 376 g/mol. The Labute approximate surface area is 179 Å². The van der Waals surface area contributed by atoms with E-state index in [0.29, 0.717) is 12.6 Å². The Morgan fingerprint density at radius 2 is 1.90 bits per heavy atom. The molecule has 1 atom stereocenters. The molecule has 2 aromatic rings. The van der Waals surface area contributed by atoms with Crippen molar-refractivity contribution in [3.63, 3.8) is 0 Å². The average molecular weight is 411 g/mol. The topological polar surface area (TPSA) is 52.8 Å². The Balaban J connectivity index is 1.26. The third kappa shape index (κ3) is 5.29. The summed E-state index contributed by atoms with van der Waals surface area (Å²) in [4.78, 5) is 24.1. The van der Waals surface area contributed by atoms with E-state index in [1.54, 1.807) is 0 Å². The number of hydrogen-bond acceptors (Lipinski definition) is 5. The number of carbonyl (C=O) groups is 1. The van der Waals surface area contributed by atoms with Crippen LogP contribution >= 0.6 is 0 Å². The molecule has 0 aliphatic carbocycles. The molecule has 0 bridgehead atoms. The van der Waals surface area contributed by atoms with E-state index in [1.165, 1.54) is 18.4 Å². The van der Waals surface area contributed by atoms with Crippen molar-refractivity contribution in [1.82, 2.24) is 19.7 Å². The summed E-state index contributed by atoms with van der Waals surface area (Å²) in [5, 5.41) is 0. The van der Waals surface area contributed by atoms with Crippen molar-refractivity contribution >= 4 is 5.91 Å². The standard InChI is InChI=1S/C24H34N4O2/c1-19-5-6-23(30-19)18-26(2)24(29)21-4-3-13-28(17-21)22-9-14-27(15-10-22)16-20-7-11-25-12-8-20/h5-8,11-12,21-22H,3-4,9-10,13-18H2,1-2H3. The zero-order valence-electron chi connectivity index (χ0n) is 18.3. The average Bonchev–Trinajstić information content (AvgIpc) is 3.19. The summed E-state index contributed by atoms with van der Waals surface area (Å²) in [5.41, 5.74) is 1.34. The summed E-state index contributed by atoms with van der Waals surface area (Å²) in [6.07, 6.45) is 8.23. The molecule has 6 heteroatoms. The summed E-state index contributed by atoms with van der Waals surface area (Å²) in [6, 6.07) is 8.73. The predicted octanol–water partition coefficient (Wildman–Crippen LogP) is 3.32. The predicted molar refractivity (Wildman–Crippen MR) is 117 cm³/mol. The van der Waals surface area contributed by atoms with Gasteiger partial charge in [0.2, 0.25) is 5.91 Å². The molecule has 4 heterocycles. The van der Waals surface area contributed by atoms with Crippen LogP contribution in [0.5, 0.6) is 0 Å². The Hall–Kier alpha value is -2.18. The van der Waals surface area contributed by atoms with Crippen LogP contribution < -0.4 is 0 Å². The van der Waals surface area contributed by atoms with Gasteiger partial charge in [-0.2, -0.15) is 0 Å². The van der Waals surface area contributed by atoms with Gasteiger partial charge in [0.05, 0.1) is 12.5 Å². The molecule has 1 amide bonds. The molecule has 2 saturated heterocycles. The number of rotatable bonds is 6. The van der Waals surface area contributed by atoms with Crippen LogP contribution in [0, 0.1) is 12.8 Å². The van der Waals surface area contributed by atoms with Crippen LogP contribution in [0.2, 0.25) is 0 Å². The zero-order chi connectivity index (χ0) is 20.9. The first-order chi connectivity index (χ1) is 14.6. The summed E-state index contributed by atoms with van der Waals surface area (Å²) < 4.78 is 5.65. The number of amides is 1. The second-order valence-corrected chi connectivity index (χ2v) is 8.90. The largest absolute Gasteiger partial charge is 0.464 e. The van der Waals surface area contributed by atoms with Crippen LogP contribution in [-0.2, 0) is 17.9 Å². The fourth-order valence-electron chi connectivity index (χ4n) is 4.92. The van der Waals surface area contributed by atoms with Gasteiger partial charge in [0.15, 0.2) is 0 Å². The van der Waals surface area contributed by atoms with Crippen molar-refractivity contribution in [1.29, 1.82) is 0 Å². The van der Waals surface area contributed by atoms with Gasteiger partial charge >= 0.3 is 0 Å². The Morgan fingerprint density at radius 1 is 1.13 bits per heavy atom. The maximum atomic E-state index is 13.0. The van der Waals surface area contributed by atoms with E-state index in [1.807, 2.05) is 43.4 Å². The van der Waals surface area contributed by atoms with Crippen molar-refractivity contribution in [2.45, 2.75) is 51.7 Å². The SMILES string of the molecule is Cc1ccc(CN(C)C(=O)C2CCCN(C3CCN(Cc4ccncc4)CC3)C2)o1. The number of hydrogen-bond donors (Lipinski definition) is 0. The van der Waals surface area contributed by atoms with Crippen molar-refractivity contribution < 1.29 is 9.21 Å². The minimum absolute atomic E-state index is 0.106. The molecule has 0 radical (unpaired) electrons. The van der Waals surface area contributed by atoms with Gasteiger partial charge in [-0.15, -0.1) is 0 Å². The van der Waals surface area contributed by atoms with E-state index in [0.717, 1.165) is 57.1 Å². The third-order valence-corrected chi connectivity index (χ3v) is 6.60. The molecule has 2 aliphatic heterocycles. The normalized spacial score (nSPS) is 21.6. The van der Waals surface area contributed by atoms with Crippen LogP contribution in [-0.4, -0.2) is 64.9 Å². The molecule has 4 rings (SSSR count). The number of carbonyl (C=O) groups excluding carboxylic acids is 1. The van der Waals surface area contributed by atoms with Gasteiger partial charge in [0.1, 0.15) is 11.5 Å². The first-order valence-electron chi connectivity index (χ1n) is 11.2. The molecule has 162 valence electrons. The fraction of sp³-hybridized carbons (Fsp3) is 0.583. The highest BCUT2D eigenvalue weighted by Gasteiger charge is 2.33. The molecule has 0 spiro atoms. The Bertz CT molecular complexity index is 814. The number of nitrogens with zero attached hydrogens (tertiary/aromatic N) is 4. The third-order valence-electron chi connectivity index (χ3n) is 6.60. The van der Waals surface area contributed by atoms with E-state index in [9.17, 15) is 4.79 Å². The van der Waals surface area contributed by atoms with Gasteiger partial charge in [-0.05, 0) is 82.1 Å². The lowest BCUT2D eigenvalue weighted by molar-refractivity contribution is -0.137. The van der Waals surface area contributed by atoms with Gasteiger partial charge in [0, 0.05) is 38.6 Å². The molecule has 30 heavy (non-hydrogen) atoms. The Kier molecular flexibility index (Phi) is 6.85. The lowest BCUT2D eigenvalue weighted by Gasteiger charge is -2.42. The van der Waals surface area contributed by atoms with Crippen LogP contribution in [0.1, 0.15) is 42.8 Å². The zero-order valence-corrected chi connectivity index (χ0v) is 18.3. The van der Waals surface area contributed by atoms with E-state index in [-0.39, 0.29) is 11.8 Å². The quantitative estimate of drug-likeness (QED) is 0.731. The number of aryl methyl sites for hydroxylation is 1. The summed E-state index contributed by atoms with van der Waals surface area (Å²) >= 11 is 0. The first-order valence-corrected chi connectivity index (χ1v) is 11.2. The smallest absolute Gasteiger partial charge is 0.227 e. The highest BCUT2D eigenvalue weighted by molar-refractivity contribution is 5.78. The lowest BCUT2D eigenvalue weighted by Crippen LogP contribution is -2.50. The molecular formula is C24H34N4O2. The number of furan rings is 1. The molecule has 1 unspecified atom stereocenters. The fourth-order valence-corrected chi connectivity index (χ4v) is 4.92. The monoisotopic (exact) mass is 410 g/mol. The molecule has 0 N–H and O–H groups in total. The minimum atomic E-state index is 0.106. The second-order valence-electron chi connectivity index (χ2n) is 8.90. The molecule has 2 aromatic heterocycles. The first kappa shape index (κ1) is 21.1. The van der Waals surface area contributed by atoms with E-state index >= 15 is 0 Å². The van der Waals surface area contributed by atoms with Crippen LogP contribution in [0.25, 0.3) is 0 Å². The molecule has 6 nitrogen and oxygen atoms in total. The Morgan fingerprint density at radius 3 is 2.60 bits per heavy atom. The van der Waals surface area contributed by atoms with Crippen molar-refractivity contribution in [3.8, 4) is 0 Å². The highest BCUT2D eigenvalue weighted by atomic mass is 16.3. The van der Waals surface area contributed by atoms with Crippen molar-refractivity contribution in [3.05, 3.63) is 53.7 Å². The van der Waals surface area contributed by atoms with Crippen LogP contribution in [0.15, 0.2) is 41.1 Å². The van der Waals surface area contributed by atoms with Crippen LogP contribution in [0.4, 0.5) is 0 Å². The number of piperidine rings is 2. The van der Waals surface area contributed by atoms with Crippen molar-refractivity contribution in [2.24, 2.45) is 5.92 Å². The van der Waals surface area contributed by atoms with Gasteiger partial charge in [-0.3, -0.25) is 19.6 Å². The lowest BCUT2D eigenvalue weighted by atomic mass is 9.93. The van der Waals surface area contributed by atoms with Gasteiger partial charge in [-0.25, -0.2) is 0 Å². The number of pyridine rings is 1. The highest BCUT2D eigenvalue weighted by Crippen LogP contribution is 2.26. The summed E-state index contributed by atoms with van der Waals surface area (Å²) in [7, 11) is 1.90.